The van der Waals surface area contributed by atoms with Gasteiger partial charge in [0.1, 0.15) is 5.76 Å². The predicted molar refractivity (Wildman–Crippen MR) is 78.0 cm³/mol. The number of thioether (sulfide) groups is 1. The second kappa shape index (κ2) is 7.08. The fourth-order valence-corrected chi connectivity index (χ4v) is 2.55. The zero-order chi connectivity index (χ0) is 13.5. The lowest BCUT2D eigenvalue weighted by molar-refractivity contribution is 0.305. The molecule has 2 rings (SSSR count). The van der Waals surface area contributed by atoms with Crippen molar-refractivity contribution in [1.82, 2.24) is 0 Å². The highest BCUT2D eigenvalue weighted by Gasteiger charge is 2.02. The van der Waals surface area contributed by atoms with Gasteiger partial charge in [-0.2, -0.15) is 0 Å². The van der Waals surface area contributed by atoms with Crippen LogP contribution >= 0.6 is 11.8 Å². The van der Waals surface area contributed by atoms with Crippen molar-refractivity contribution in [1.29, 1.82) is 0 Å². The van der Waals surface area contributed by atoms with E-state index in [1.54, 1.807) is 18.0 Å². The number of aliphatic hydroxyl groups is 1. The summed E-state index contributed by atoms with van der Waals surface area (Å²) in [4.78, 5) is 1.18. The maximum Gasteiger partial charge on any atom is 0.114 e. The smallest absolute Gasteiger partial charge is 0.114 e. The van der Waals surface area contributed by atoms with Gasteiger partial charge >= 0.3 is 0 Å². The van der Waals surface area contributed by atoms with Gasteiger partial charge in [0.25, 0.3) is 0 Å². The maximum atomic E-state index is 8.70. The number of furan rings is 1. The van der Waals surface area contributed by atoms with Gasteiger partial charge in [0.15, 0.2) is 0 Å². The second-order valence-electron chi connectivity index (χ2n) is 4.11. The zero-order valence-electron chi connectivity index (χ0n) is 10.8. The van der Waals surface area contributed by atoms with Crippen molar-refractivity contribution in [3.63, 3.8) is 0 Å². The van der Waals surface area contributed by atoms with Crippen LogP contribution in [-0.2, 0) is 5.75 Å². The molecule has 1 aromatic carbocycles. The molecule has 0 aliphatic carbocycles. The molecule has 0 saturated heterocycles. The van der Waals surface area contributed by atoms with Crippen molar-refractivity contribution < 1.29 is 9.52 Å². The molecule has 19 heavy (non-hydrogen) atoms. The van der Waals surface area contributed by atoms with Crippen LogP contribution in [-0.4, -0.2) is 11.7 Å². The largest absolute Gasteiger partial charge is 0.468 e. The molecular formula is C16H16O2S. The minimum absolute atomic E-state index is 0.113. The van der Waals surface area contributed by atoms with Crippen LogP contribution in [0.2, 0.25) is 0 Å². The van der Waals surface area contributed by atoms with Crippen LogP contribution in [0.4, 0.5) is 0 Å². The molecule has 0 unspecified atom stereocenters. The minimum atomic E-state index is 0.113. The molecule has 0 aliphatic heterocycles. The van der Waals surface area contributed by atoms with Crippen molar-refractivity contribution in [3.05, 3.63) is 53.5 Å². The third kappa shape index (κ3) is 4.20. The predicted octanol–water partition coefficient (Wildman–Crippen LogP) is 3.61. The lowest BCUT2D eigenvalue weighted by atomic mass is 10.1. The zero-order valence-corrected chi connectivity index (χ0v) is 11.7. The first-order valence-electron chi connectivity index (χ1n) is 6.15. The van der Waals surface area contributed by atoms with Gasteiger partial charge < -0.3 is 9.52 Å². The topological polar surface area (TPSA) is 33.4 Å². The summed E-state index contributed by atoms with van der Waals surface area (Å²) in [6, 6.07) is 10.2. The maximum absolute atomic E-state index is 8.70. The molecule has 1 N–H and O–H groups in total. The average Bonchev–Trinajstić information content (AvgIpc) is 2.83. The van der Waals surface area contributed by atoms with Crippen molar-refractivity contribution in [2.75, 3.05) is 6.61 Å². The molecule has 0 amide bonds. The van der Waals surface area contributed by atoms with E-state index in [0.29, 0.717) is 6.42 Å². The van der Waals surface area contributed by atoms with Gasteiger partial charge in [-0.3, -0.25) is 0 Å². The molecule has 98 valence electrons. The molecule has 0 spiro atoms. The first-order valence-corrected chi connectivity index (χ1v) is 7.13. The van der Waals surface area contributed by atoms with Crippen molar-refractivity contribution >= 4 is 11.8 Å². The van der Waals surface area contributed by atoms with Crippen molar-refractivity contribution in [2.24, 2.45) is 0 Å². The minimum Gasteiger partial charge on any atom is -0.468 e. The Morgan fingerprint density at radius 3 is 2.95 bits per heavy atom. The summed E-state index contributed by atoms with van der Waals surface area (Å²) in [6.07, 6.45) is 2.24. The van der Waals surface area contributed by atoms with E-state index in [2.05, 4.69) is 24.0 Å². The Hall–Kier alpha value is -1.63. The standard InChI is InChI=1S/C16H16O2S/c1-13-16(8-10-18-13)19-12-15-7-4-6-14(11-15)5-2-3-9-17/h4,6-8,10-11,17H,3,9,12H2,1H3. The number of aryl methyl sites for hydroxylation is 1. The van der Waals surface area contributed by atoms with Gasteiger partial charge in [0, 0.05) is 22.6 Å². The molecule has 0 saturated carbocycles. The van der Waals surface area contributed by atoms with E-state index in [-0.39, 0.29) is 6.61 Å². The molecule has 0 aliphatic rings. The quantitative estimate of drug-likeness (QED) is 0.682. The molecule has 0 atom stereocenters. The number of rotatable bonds is 4. The third-order valence-electron chi connectivity index (χ3n) is 2.60. The van der Waals surface area contributed by atoms with Crippen LogP contribution < -0.4 is 0 Å². The summed E-state index contributed by atoms with van der Waals surface area (Å²) in [6.45, 7) is 2.08. The molecule has 0 radical (unpaired) electrons. The fourth-order valence-electron chi connectivity index (χ4n) is 1.64. The van der Waals surface area contributed by atoms with E-state index in [4.69, 9.17) is 9.52 Å². The van der Waals surface area contributed by atoms with E-state index >= 15 is 0 Å². The lowest BCUT2D eigenvalue weighted by Crippen LogP contribution is -1.83. The van der Waals surface area contributed by atoms with E-state index in [9.17, 15) is 0 Å². The molecular weight excluding hydrogens is 256 g/mol. The molecule has 2 aromatic rings. The Balaban J connectivity index is 2.00. The Labute approximate surface area is 117 Å². The number of hydrogen-bond acceptors (Lipinski definition) is 3. The Bertz CT molecular complexity index is 590. The Morgan fingerprint density at radius 1 is 1.32 bits per heavy atom. The monoisotopic (exact) mass is 272 g/mol. The van der Waals surface area contributed by atoms with Crippen LogP contribution in [0.1, 0.15) is 23.3 Å². The van der Waals surface area contributed by atoms with Crippen LogP contribution in [0, 0.1) is 18.8 Å². The summed E-state index contributed by atoms with van der Waals surface area (Å²) in [7, 11) is 0. The highest BCUT2D eigenvalue weighted by Crippen LogP contribution is 2.26. The molecule has 0 bridgehead atoms. The van der Waals surface area contributed by atoms with E-state index in [0.717, 1.165) is 17.1 Å². The van der Waals surface area contributed by atoms with E-state index < -0.39 is 0 Å². The summed E-state index contributed by atoms with van der Waals surface area (Å²) in [5.41, 5.74) is 2.23. The SMILES string of the molecule is Cc1occc1SCc1cccc(C#CCCO)c1. The first kappa shape index (κ1) is 13.8. The summed E-state index contributed by atoms with van der Waals surface area (Å²) in [5, 5.41) is 8.70. The fraction of sp³-hybridized carbons (Fsp3) is 0.250. The highest BCUT2D eigenvalue weighted by atomic mass is 32.2. The molecule has 2 nitrogen and oxygen atoms in total. The Morgan fingerprint density at radius 2 is 2.21 bits per heavy atom. The van der Waals surface area contributed by atoms with Gasteiger partial charge in [0.05, 0.1) is 12.9 Å². The first-order chi connectivity index (χ1) is 9.29. The van der Waals surface area contributed by atoms with Crippen molar-refractivity contribution in [3.8, 4) is 11.8 Å². The highest BCUT2D eigenvalue weighted by molar-refractivity contribution is 7.98. The van der Waals surface area contributed by atoms with Crippen LogP contribution in [0.15, 0.2) is 45.9 Å². The van der Waals surface area contributed by atoms with Gasteiger partial charge in [-0.15, -0.1) is 11.8 Å². The van der Waals surface area contributed by atoms with Gasteiger partial charge in [-0.1, -0.05) is 24.0 Å². The van der Waals surface area contributed by atoms with Crippen LogP contribution in [0.5, 0.6) is 0 Å². The molecule has 1 aromatic heterocycles. The number of aliphatic hydroxyl groups excluding tert-OH is 1. The van der Waals surface area contributed by atoms with E-state index in [1.165, 1.54) is 10.5 Å². The van der Waals surface area contributed by atoms with E-state index in [1.807, 2.05) is 25.1 Å². The molecule has 1 heterocycles. The molecule has 3 heteroatoms. The average molecular weight is 272 g/mol. The molecule has 0 fully saturated rings. The summed E-state index contributed by atoms with van der Waals surface area (Å²) < 4.78 is 5.28. The van der Waals surface area contributed by atoms with Crippen molar-refractivity contribution in [2.45, 2.75) is 24.0 Å². The van der Waals surface area contributed by atoms with Gasteiger partial charge in [0.2, 0.25) is 0 Å². The number of benzene rings is 1. The van der Waals surface area contributed by atoms with Crippen LogP contribution in [0.3, 0.4) is 0 Å². The number of hydrogen-bond donors (Lipinski definition) is 1. The van der Waals surface area contributed by atoms with Gasteiger partial charge in [-0.05, 0) is 30.7 Å². The second-order valence-corrected chi connectivity index (χ2v) is 5.12. The lowest BCUT2D eigenvalue weighted by Gasteiger charge is -2.01. The normalized spacial score (nSPS) is 10.0. The Kier molecular flexibility index (Phi) is 5.14. The summed E-state index contributed by atoms with van der Waals surface area (Å²) >= 11 is 1.76. The van der Waals surface area contributed by atoms with Crippen LogP contribution in [0.25, 0.3) is 0 Å². The third-order valence-corrected chi connectivity index (χ3v) is 3.81. The summed E-state index contributed by atoms with van der Waals surface area (Å²) in [5.74, 6) is 7.85. The van der Waals surface area contributed by atoms with Gasteiger partial charge in [-0.25, -0.2) is 0 Å².